The largest absolute Gasteiger partial charge is 0.276 e. The molecular formula is C6H2Cl2FNO. The first-order valence-corrected chi connectivity index (χ1v) is 3.38. The number of halogens is 3. The van der Waals surface area contributed by atoms with Crippen molar-refractivity contribution in [1.82, 2.24) is 4.98 Å². The van der Waals surface area contributed by atoms with Crippen LogP contribution in [0.1, 0.15) is 10.4 Å². The average molecular weight is 194 g/mol. The summed E-state index contributed by atoms with van der Waals surface area (Å²) in [5, 5.41) is -1.14. The van der Waals surface area contributed by atoms with Crippen molar-refractivity contribution >= 4 is 28.4 Å². The summed E-state index contributed by atoms with van der Waals surface area (Å²) in [6, 6.07) is 1.25. The molecule has 0 aromatic carbocycles. The van der Waals surface area contributed by atoms with Crippen LogP contribution in [0.25, 0.3) is 0 Å². The minimum Gasteiger partial charge on any atom is -0.276 e. The van der Waals surface area contributed by atoms with Crippen molar-refractivity contribution in [2.75, 3.05) is 0 Å². The fourth-order valence-electron chi connectivity index (χ4n) is 0.570. The van der Waals surface area contributed by atoms with Gasteiger partial charge in [-0.3, -0.25) is 4.79 Å². The van der Waals surface area contributed by atoms with Gasteiger partial charge < -0.3 is 0 Å². The van der Waals surface area contributed by atoms with Gasteiger partial charge in [0, 0.05) is 6.20 Å². The monoisotopic (exact) mass is 193 g/mol. The fraction of sp³-hybridized carbons (Fsp3) is 0. The van der Waals surface area contributed by atoms with Gasteiger partial charge in [0.15, 0.2) is 0 Å². The van der Waals surface area contributed by atoms with Gasteiger partial charge in [0.1, 0.15) is 5.02 Å². The molecule has 0 fully saturated rings. The van der Waals surface area contributed by atoms with Gasteiger partial charge in [-0.25, -0.2) is 4.98 Å². The summed E-state index contributed by atoms with van der Waals surface area (Å²) in [4.78, 5) is 13.7. The maximum absolute atomic E-state index is 12.5. The maximum atomic E-state index is 12.5. The van der Waals surface area contributed by atoms with E-state index in [0.29, 0.717) is 0 Å². The highest BCUT2D eigenvalue weighted by Crippen LogP contribution is 2.18. The molecule has 0 aliphatic heterocycles. The van der Waals surface area contributed by atoms with Crippen molar-refractivity contribution in [3.63, 3.8) is 0 Å². The van der Waals surface area contributed by atoms with Gasteiger partial charge in [0.25, 0.3) is 5.24 Å². The summed E-state index contributed by atoms with van der Waals surface area (Å²) in [6.07, 6.45) is 1.12. The molecule has 2 nitrogen and oxygen atoms in total. The van der Waals surface area contributed by atoms with Crippen LogP contribution in [0.15, 0.2) is 12.3 Å². The highest BCUT2D eigenvalue weighted by atomic mass is 35.5. The third-order valence-corrected chi connectivity index (χ3v) is 1.62. The molecule has 0 spiro atoms. The lowest BCUT2D eigenvalue weighted by Crippen LogP contribution is -1.94. The second kappa shape index (κ2) is 3.15. The summed E-state index contributed by atoms with van der Waals surface area (Å²) in [7, 11) is 0. The summed E-state index contributed by atoms with van der Waals surface area (Å²) < 4.78 is 12.5. The number of nitrogens with zero attached hydrogens (tertiary/aromatic N) is 1. The maximum Gasteiger partial charge on any atom is 0.254 e. The van der Waals surface area contributed by atoms with Gasteiger partial charge in [-0.2, -0.15) is 4.39 Å². The van der Waals surface area contributed by atoms with Gasteiger partial charge in [0.2, 0.25) is 5.95 Å². The van der Waals surface area contributed by atoms with Crippen LogP contribution in [-0.4, -0.2) is 10.2 Å². The standard InChI is InChI=1S/C6H2Cl2FNO/c7-4-3(5(8)11)1-2-10-6(4)9/h1-2H. The Labute approximate surface area is 71.9 Å². The van der Waals surface area contributed by atoms with Crippen LogP contribution in [0.5, 0.6) is 0 Å². The Balaban J connectivity index is 3.27. The number of hydrogen-bond acceptors (Lipinski definition) is 2. The lowest BCUT2D eigenvalue weighted by atomic mass is 10.3. The van der Waals surface area contributed by atoms with E-state index in [9.17, 15) is 9.18 Å². The van der Waals surface area contributed by atoms with Crippen molar-refractivity contribution in [3.05, 3.63) is 28.8 Å². The molecule has 1 heterocycles. The number of carbonyl (C=O) groups is 1. The Bertz CT molecular complexity index is 303. The summed E-state index contributed by atoms with van der Waals surface area (Å²) in [6.45, 7) is 0. The topological polar surface area (TPSA) is 30.0 Å². The first-order valence-electron chi connectivity index (χ1n) is 2.62. The van der Waals surface area contributed by atoms with Gasteiger partial charge in [-0.1, -0.05) is 11.6 Å². The smallest absolute Gasteiger partial charge is 0.254 e. The Morgan fingerprint density at radius 1 is 1.64 bits per heavy atom. The number of aromatic nitrogens is 1. The Morgan fingerprint density at radius 2 is 2.27 bits per heavy atom. The third-order valence-electron chi connectivity index (χ3n) is 1.06. The second-order valence-electron chi connectivity index (χ2n) is 1.74. The van der Waals surface area contributed by atoms with Crippen LogP contribution in [0.4, 0.5) is 4.39 Å². The minimum atomic E-state index is -0.891. The van der Waals surface area contributed by atoms with Crippen molar-refractivity contribution in [2.45, 2.75) is 0 Å². The van der Waals surface area contributed by atoms with E-state index in [1.807, 2.05) is 0 Å². The van der Waals surface area contributed by atoms with Crippen molar-refractivity contribution in [3.8, 4) is 0 Å². The SMILES string of the molecule is O=C(Cl)c1ccnc(F)c1Cl. The van der Waals surface area contributed by atoms with E-state index in [2.05, 4.69) is 4.98 Å². The van der Waals surface area contributed by atoms with Gasteiger partial charge in [-0.15, -0.1) is 0 Å². The van der Waals surface area contributed by atoms with Crippen LogP contribution in [-0.2, 0) is 0 Å². The zero-order chi connectivity index (χ0) is 8.43. The molecule has 0 saturated heterocycles. The van der Waals surface area contributed by atoms with Gasteiger partial charge in [0.05, 0.1) is 5.56 Å². The minimum absolute atomic E-state index is 0.0687. The lowest BCUT2D eigenvalue weighted by Gasteiger charge is -1.96. The third kappa shape index (κ3) is 1.67. The first-order chi connectivity index (χ1) is 5.13. The molecule has 0 aliphatic rings. The highest BCUT2D eigenvalue weighted by Gasteiger charge is 2.11. The molecule has 0 unspecified atom stereocenters. The average Bonchev–Trinajstić information content (AvgIpc) is 1.94. The molecular weight excluding hydrogens is 192 g/mol. The molecule has 1 aromatic heterocycles. The van der Waals surface area contributed by atoms with E-state index >= 15 is 0 Å². The molecule has 1 aromatic rings. The van der Waals surface area contributed by atoms with Gasteiger partial charge in [-0.05, 0) is 17.7 Å². The number of hydrogen-bond donors (Lipinski definition) is 0. The van der Waals surface area contributed by atoms with Crippen molar-refractivity contribution < 1.29 is 9.18 Å². The van der Waals surface area contributed by atoms with E-state index < -0.39 is 11.2 Å². The molecule has 11 heavy (non-hydrogen) atoms. The molecule has 0 aliphatic carbocycles. The molecule has 5 heteroatoms. The van der Waals surface area contributed by atoms with E-state index in [1.54, 1.807) is 0 Å². The van der Waals surface area contributed by atoms with Crippen LogP contribution >= 0.6 is 23.2 Å². The van der Waals surface area contributed by atoms with Crippen LogP contribution in [0, 0.1) is 5.95 Å². The summed E-state index contributed by atoms with van der Waals surface area (Å²) in [5.74, 6) is -0.891. The first kappa shape index (κ1) is 8.43. The Hall–Kier alpha value is -0.670. The molecule has 0 saturated carbocycles. The summed E-state index contributed by atoms with van der Waals surface area (Å²) in [5.41, 5.74) is -0.0687. The lowest BCUT2D eigenvalue weighted by molar-refractivity contribution is 0.108. The molecule has 58 valence electrons. The Kier molecular flexibility index (Phi) is 2.42. The summed E-state index contributed by atoms with van der Waals surface area (Å²) >= 11 is 10.4. The predicted octanol–water partition coefficient (Wildman–Crippen LogP) is 2.25. The molecule has 0 amide bonds. The molecule has 1 rings (SSSR count). The number of pyridine rings is 1. The van der Waals surface area contributed by atoms with E-state index in [1.165, 1.54) is 6.07 Å². The second-order valence-corrected chi connectivity index (χ2v) is 2.46. The van der Waals surface area contributed by atoms with Crippen molar-refractivity contribution in [2.24, 2.45) is 0 Å². The molecule has 0 N–H and O–H groups in total. The number of rotatable bonds is 1. The fourth-order valence-corrected chi connectivity index (χ4v) is 0.973. The van der Waals surface area contributed by atoms with E-state index in [0.717, 1.165) is 6.20 Å². The predicted molar refractivity (Wildman–Crippen MR) is 39.4 cm³/mol. The van der Waals surface area contributed by atoms with Crippen molar-refractivity contribution in [1.29, 1.82) is 0 Å². The number of carbonyl (C=O) groups excluding carboxylic acids is 1. The Morgan fingerprint density at radius 3 is 2.73 bits per heavy atom. The quantitative estimate of drug-likeness (QED) is 0.506. The highest BCUT2D eigenvalue weighted by molar-refractivity contribution is 6.68. The zero-order valence-corrected chi connectivity index (χ0v) is 6.66. The van der Waals surface area contributed by atoms with Crippen LogP contribution < -0.4 is 0 Å². The zero-order valence-electron chi connectivity index (χ0n) is 5.14. The van der Waals surface area contributed by atoms with Crippen LogP contribution in [0.3, 0.4) is 0 Å². The van der Waals surface area contributed by atoms with E-state index in [-0.39, 0.29) is 10.6 Å². The molecule has 0 radical (unpaired) electrons. The normalized spacial score (nSPS) is 9.73. The van der Waals surface area contributed by atoms with Crippen LogP contribution in [0.2, 0.25) is 5.02 Å². The van der Waals surface area contributed by atoms with E-state index in [4.69, 9.17) is 23.2 Å². The molecule has 0 atom stereocenters. The molecule has 0 bridgehead atoms. The van der Waals surface area contributed by atoms with Gasteiger partial charge >= 0.3 is 0 Å².